The lowest BCUT2D eigenvalue weighted by atomic mass is 10.1. The number of morpholine rings is 1. The largest absolute Gasteiger partial charge is 0.494 e. The molecule has 39 heavy (non-hydrogen) atoms. The van der Waals surface area contributed by atoms with Gasteiger partial charge in [0.15, 0.2) is 0 Å². The van der Waals surface area contributed by atoms with Crippen LogP contribution >= 0.6 is 0 Å². The fourth-order valence-corrected chi connectivity index (χ4v) is 4.86. The van der Waals surface area contributed by atoms with Crippen molar-refractivity contribution in [3.63, 3.8) is 0 Å². The van der Waals surface area contributed by atoms with Crippen molar-refractivity contribution in [1.29, 1.82) is 0 Å². The number of ether oxygens (including phenoxy) is 2. The third-order valence-electron chi connectivity index (χ3n) is 7.01. The molecule has 0 bridgehead atoms. The van der Waals surface area contributed by atoms with Gasteiger partial charge in [-0.3, -0.25) is 9.69 Å². The summed E-state index contributed by atoms with van der Waals surface area (Å²) in [6.07, 6.45) is 6.94. The summed E-state index contributed by atoms with van der Waals surface area (Å²) in [5, 5.41) is 15.8. The number of hydrogen-bond donors (Lipinski definition) is 3. The average molecular weight is 534 g/mol. The van der Waals surface area contributed by atoms with E-state index in [0.717, 1.165) is 29.2 Å². The lowest BCUT2D eigenvalue weighted by Gasteiger charge is -2.35. The number of hydrogen-bond acceptors (Lipinski definition) is 9. The number of aliphatic hydroxyl groups is 1. The van der Waals surface area contributed by atoms with Gasteiger partial charge in [0.1, 0.15) is 11.6 Å². The van der Waals surface area contributed by atoms with Crippen LogP contribution in [-0.4, -0.2) is 83.1 Å². The number of β-amino-alcohol motifs (C(OH)–C–C–N with tert-alkyl or cyclic N) is 1. The van der Waals surface area contributed by atoms with Crippen molar-refractivity contribution in [2.45, 2.75) is 26.5 Å². The van der Waals surface area contributed by atoms with Crippen molar-refractivity contribution < 1.29 is 19.4 Å². The average Bonchev–Trinajstić information content (AvgIpc) is 3.29. The van der Waals surface area contributed by atoms with Crippen LogP contribution < -0.4 is 20.3 Å². The molecule has 0 aliphatic carbocycles. The van der Waals surface area contributed by atoms with E-state index in [4.69, 9.17) is 14.5 Å². The number of rotatable bonds is 9. The van der Waals surface area contributed by atoms with Gasteiger partial charge >= 0.3 is 0 Å². The Hall–Kier alpha value is -3.93. The van der Waals surface area contributed by atoms with Crippen LogP contribution in [0.5, 0.6) is 5.75 Å². The summed E-state index contributed by atoms with van der Waals surface area (Å²) in [4.78, 5) is 25.9. The van der Waals surface area contributed by atoms with Gasteiger partial charge in [-0.25, -0.2) is 4.98 Å². The molecule has 5 rings (SSSR count). The van der Waals surface area contributed by atoms with E-state index in [1.807, 2.05) is 23.6 Å². The Labute approximate surface area is 228 Å². The lowest BCUT2D eigenvalue weighted by molar-refractivity contribution is -0.111. The van der Waals surface area contributed by atoms with E-state index in [1.165, 1.54) is 11.6 Å². The topological polar surface area (TPSA) is 117 Å². The van der Waals surface area contributed by atoms with E-state index < -0.39 is 0 Å². The van der Waals surface area contributed by atoms with Crippen LogP contribution in [0.2, 0.25) is 0 Å². The van der Waals surface area contributed by atoms with Crippen molar-refractivity contribution in [3.8, 4) is 11.6 Å². The highest BCUT2D eigenvalue weighted by atomic mass is 16.5. The highest BCUT2D eigenvalue weighted by Gasteiger charge is 2.25. The molecule has 0 atom stereocenters. The molecule has 2 aromatic heterocycles. The molecule has 206 valence electrons. The van der Waals surface area contributed by atoms with Gasteiger partial charge in [0.05, 0.1) is 43.5 Å². The minimum absolute atomic E-state index is 0.226. The van der Waals surface area contributed by atoms with Crippen LogP contribution in [0.15, 0.2) is 43.4 Å². The van der Waals surface area contributed by atoms with E-state index in [9.17, 15) is 9.90 Å². The number of anilines is 4. The molecule has 0 saturated carbocycles. The van der Waals surface area contributed by atoms with Crippen LogP contribution in [0.1, 0.15) is 16.7 Å². The zero-order chi connectivity index (χ0) is 27.5. The van der Waals surface area contributed by atoms with E-state index in [0.29, 0.717) is 62.5 Å². The molecular formula is C28H35N7O4. The molecule has 0 spiro atoms. The van der Waals surface area contributed by atoms with Crippen LogP contribution in [0.25, 0.3) is 5.82 Å². The van der Waals surface area contributed by atoms with Crippen LogP contribution in [0.3, 0.4) is 0 Å². The normalized spacial score (nSPS) is 16.1. The maximum Gasteiger partial charge on any atom is 0.247 e. The Morgan fingerprint density at radius 1 is 1.21 bits per heavy atom. The van der Waals surface area contributed by atoms with Gasteiger partial charge in [-0.1, -0.05) is 6.58 Å². The first-order valence-electron chi connectivity index (χ1n) is 13.0. The second-order valence-corrected chi connectivity index (χ2v) is 9.91. The van der Waals surface area contributed by atoms with Crippen molar-refractivity contribution in [1.82, 2.24) is 19.4 Å². The first kappa shape index (κ1) is 26.7. The van der Waals surface area contributed by atoms with Crippen molar-refractivity contribution >= 4 is 28.9 Å². The molecule has 2 fully saturated rings. The van der Waals surface area contributed by atoms with Gasteiger partial charge in [-0.2, -0.15) is 4.98 Å². The molecule has 2 aliphatic heterocycles. The minimum atomic E-state index is -0.305. The van der Waals surface area contributed by atoms with Crippen LogP contribution in [0, 0.1) is 13.8 Å². The fourth-order valence-electron chi connectivity index (χ4n) is 4.86. The Morgan fingerprint density at radius 3 is 2.67 bits per heavy atom. The molecule has 1 amide bonds. The Bertz CT molecular complexity index is 1360. The number of carbonyl (C=O) groups is 1. The molecule has 11 heteroatoms. The first-order valence-corrected chi connectivity index (χ1v) is 13.0. The van der Waals surface area contributed by atoms with Gasteiger partial charge in [0.25, 0.3) is 0 Å². The molecule has 11 nitrogen and oxygen atoms in total. The Morgan fingerprint density at radius 2 is 1.97 bits per heavy atom. The molecule has 1 aromatic carbocycles. The number of nitrogens with one attached hydrogen (secondary N) is 2. The highest BCUT2D eigenvalue weighted by Crippen LogP contribution is 2.38. The molecular weight excluding hydrogens is 498 g/mol. The van der Waals surface area contributed by atoms with Gasteiger partial charge in [0, 0.05) is 62.9 Å². The third-order valence-corrected chi connectivity index (χ3v) is 7.01. The van der Waals surface area contributed by atoms with E-state index in [2.05, 4.69) is 51.3 Å². The molecule has 2 aliphatic rings. The zero-order valence-corrected chi connectivity index (χ0v) is 22.6. The second kappa shape index (κ2) is 11.4. The summed E-state index contributed by atoms with van der Waals surface area (Å²) < 4.78 is 13.2. The Kier molecular flexibility index (Phi) is 7.82. The maximum atomic E-state index is 12.2. The van der Waals surface area contributed by atoms with Crippen LogP contribution in [0.4, 0.5) is 23.0 Å². The number of aliphatic hydroxyl groups excluding tert-OH is 1. The monoisotopic (exact) mass is 533 g/mol. The predicted molar refractivity (Wildman–Crippen MR) is 150 cm³/mol. The quantitative estimate of drug-likeness (QED) is 0.357. The summed E-state index contributed by atoms with van der Waals surface area (Å²) in [5.74, 6) is 1.44. The number of carbonyl (C=O) groups excluding carboxylic acids is 1. The lowest BCUT2D eigenvalue weighted by Crippen LogP contribution is -2.49. The first-order chi connectivity index (χ1) is 18.8. The molecule has 3 N–H and O–H groups in total. The number of nitrogens with zero attached hydrogens (tertiary/aromatic N) is 5. The molecule has 0 unspecified atom stereocenters. The van der Waals surface area contributed by atoms with Gasteiger partial charge in [-0.15, -0.1) is 0 Å². The number of amides is 1. The molecule has 2 saturated heterocycles. The summed E-state index contributed by atoms with van der Waals surface area (Å²) in [6, 6.07) is 3.73. The fraction of sp³-hybridized carbons (Fsp3) is 0.393. The minimum Gasteiger partial charge on any atom is -0.494 e. The maximum absolute atomic E-state index is 12.2. The van der Waals surface area contributed by atoms with Gasteiger partial charge in [-0.05, 0) is 37.1 Å². The van der Waals surface area contributed by atoms with Crippen molar-refractivity contribution in [2.75, 3.05) is 62.0 Å². The van der Waals surface area contributed by atoms with Crippen LogP contribution in [-0.2, 0) is 16.1 Å². The van der Waals surface area contributed by atoms with E-state index in [1.54, 1.807) is 13.3 Å². The summed E-state index contributed by atoms with van der Waals surface area (Å²) >= 11 is 0. The standard InChI is InChI=1S/C28H35N7O4/c1-5-26(37)30-22-10-23(25(38-4)11-24(22)34-6-8-39-9-7-34)31-28-29-12-18(2)27(32-28)35-13-19(3)20(15-35)14-33-16-21(36)17-33/h5,10-13,15,21,36H,1,6-9,14,16-17H2,2-4H3,(H,30,37)(H,29,31,32). The number of likely N-dealkylation sites (tertiary alicyclic amines) is 1. The van der Waals surface area contributed by atoms with Gasteiger partial charge < -0.3 is 34.7 Å². The SMILES string of the molecule is C=CC(=O)Nc1cc(Nc2ncc(C)c(-n3cc(C)c(CN4CC(O)C4)c3)n2)c(OC)cc1N1CCOCC1. The number of aryl methyl sites for hydroxylation is 2. The summed E-state index contributed by atoms with van der Waals surface area (Å²) in [7, 11) is 1.61. The third kappa shape index (κ3) is 5.90. The Balaban J connectivity index is 1.44. The molecule has 0 radical (unpaired) electrons. The second-order valence-electron chi connectivity index (χ2n) is 9.91. The molecule has 3 aromatic rings. The predicted octanol–water partition coefficient (Wildman–Crippen LogP) is 2.77. The number of aromatic nitrogens is 3. The summed E-state index contributed by atoms with van der Waals surface area (Å²) in [5.41, 5.74) is 5.36. The number of methoxy groups -OCH3 is 1. The van der Waals surface area contributed by atoms with E-state index >= 15 is 0 Å². The summed E-state index contributed by atoms with van der Waals surface area (Å²) in [6.45, 7) is 12.4. The van der Waals surface area contributed by atoms with Crippen molar-refractivity contribution in [2.24, 2.45) is 0 Å². The zero-order valence-electron chi connectivity index (χ0n) is 22.6. The van der Waals surface area contributed by atoms with E-state index in [-0.39, 0.29) is 12.0 Å². The molecule has 4 heterocycles. The van der Waals surface area contributed by atoms with Crippen molar-refractivity contribution in [3.05, 3.63) is 60.1 Å². The van der Waals surface area contributed by atoms with Gasteiger partial charge in [0.2, 0.25) is 11.9 Å². The smallest absolute Gasteiger partial charge is 0.247 e. The highest BCUT2D eigenvalue weighted by molar-refractivity contribution is 6.02. The number of benzene rings is 1.